The summed E-state index contributed by atoms with van der Waals surface area (Å²) in [4.78, 5) is 2.13. The van der Waals surface area contributed by atoms with Crippen LogP contribution in [-0.4, -0.2) is 79.0 Å². The second-order valence-electron chi connectivity index (χ2n) is 6.08. The molecule has 2 heterocycles. The quantitative estimate of drug-likeness (QED) is 0.750. The molecule has 6 nitrogen and oxygen atoms in total. The zero-order valence-electron chi connectivity index (χ0n) is 12.0. The summed E-state index contributed by atoms with van der Waals surface area (Å²) >= 11 is 0. The van der Waals surface area contributed by atoms with Crippen molar-refractivity contribution in [1.29, 1.82) is 0 Å². The Morgan fingerprint density at radius 1 is 1.11 bits per heavy atom. The van der Waals surface area contributed by atoms with E-state index in [-0.39, 0.29) is 5.92 Å². The summed E-state index contributed by atoms with van der Waals surface area (Å²) in [5.41, 5.74) is -0.756. The molecule has 2 aliphatic heterocycles. The zero-order chi connectivity index (χ0) is 14.3. The van der Waals surface area contributed by atoms with Crippen LogP contribution in [0.2, 0.25) is 0 Å². The molecule has 0 radical (unpaired) electrons. The van der Waals surface area contributed by atoms with E-state index in [4.69, 9.17) is 0 Å². The third-order valence-electron chi connectivity index (χ3n) is 4.52. The molecule has 0 unspecified atom stereocenters. The highest BCUT2D eigenvalue weighted by Gasteiger charge is 2.41. The number of rotatable bonds is 2. The fraction of sp³-hybridized carbons (Fsp3) is 1.00. The number of hydrogen-bond donors (Lipinski definition) is 1. The molecule has 2 rings (SSSR count). The van der Waals surface area contributed by atoms with Gasteiger partial charge in [0.25, 0.3) is 10.2 Å². The second-order valence-corrected chi connectivity index (χ2v) is 8.00. The van der Waals surface area contributed by atoms with Gasteiger partial charge >= 0.3 is 0 Å². The van der Waals surface area contributed by atoms with Crippen molar-refractivity contribution in [1.82, 2.24) is 13.5 Å². The maximum Gasteiger partial charge on any atom is 0.282 e. The average Bonchev–Trinajstić information content (AvgIpc) is 2.33. The van der Waals surface area contributed by atoms with Crippen LogP contribution < -0.4 is 0 Å². The minimum absolute atomic E-state index is 0.0384. The third-order valence-corrected chi connectivity index (χ3v) is 6.52. The molecule has 0 aliphatic carbocycles. The lowest BCUT2D eigenvalue weighted by Gasteiger charge is -2.43. The molecule has 0 amide bonds. The van der Waals surface area contributed by atoms with Gasteiger partial charge in [-0.15, -0.1) is 0 Å². The first-order chi connectivity index (χ1) is 8.73. The smallest absolute Gasteiger partial charge is 0.282 e. The Kier molecular flexibility index (Phi) is 4.23. The molecule has 1 N–H and O–H groups in total. The van der Waals surface area contributed by atoms with E-state index in [1.54, 1.807) is 11.2 Å². The van der Waals surface area contributed by atoms with Gasteiger partial charge in [0.1, 0.15) is 0 Å². The molecule has 0 aromatic carbocycles. The molecule has 7 heteroatoms. The maximum atomic E-state index is 12.6. The van der Waals surface area contributed by atoms with Gasteiger partial charge in [-0.1, -0.05) is 6.92 Å². The summed E-state index contributed by atoms with van der Waals surface area (Å²) in [5.74, 6) is -0.0384. The van der Waals surface area contributed by atoms with Crippen molar-refractivity contribution >= 4 is 10.2 Å². The fourth-order valence-corrected chi connectivity index (χ4v) is 4.27. The monoisotopic (exact) mass is 291 g/mol. The van der Waals surface area contributed by atoms with Crippen LogP contribution in [0.4, 0.5) is 0 Å². The van der Waals surface area contributed by atoms with Gasteiger partial charge in [-0.25, -0.2) is 0 Å². The van der Waals surface area contributed by atoms with E-state index in [1.165, 1.54) is 4.31 Å². The first-order valence-electron chi connectivity index (χ1n) is 6.89. The van der Waals surface area contributed by atoms with Gasteiger partial charge in [-0.05, 0) is 26.3 Å². The van der Waals surface area contributed by atoms with Crippen molar-refractivity contribution in [2.24, 2.45) is 5.92 Å². The molecule has 2 atom stereocenters. The van der Waals surface area contributed by atoms with Crippen molar-refractivity contribution in [2.45, 2.75) is 25.9 Å². The van der Waals surface area contributed by atoms with Gasteiger partial charge in [0, 0.05) is 39.3 Å². The number of likely N-dealkylation sites (N-methyl/N-ethyl adjacent to an activating group) is 1. The number of hydrogen-bond acceptors (Lipinski definition) is 4. The van der Waals surface area contributed by atoms with Gasteiger partial charge < -0.3 is 10.0 Å². The topological polar surface area (TPSA) is 64.1 Å². The SMILES string of the molecule is C[C@@H]1CN(S(=O)(=O)N2CCN(C)CC2)CC[C@]1(C)O. The Hall–Kier alpha value is -0.210. The van der Waals surface area contributed by atoms with Crippen LogP contribution in [-0.2, 0) is 10.2 Å². The normalized spacial score (nSPS) is 36.5. The van der Waals surface area contributed by atoms with Crippen LogP contribution in [0.5, 0.6) is 0 Å². The molecule has 2 aliphatic rings. The highest BCUT2D eigenvalue weighted by atomic mass is 32.2. The summed E-state index contributed by atoms with van der Waals surface area (Å²) in [7, 11) is -1.36. The number of aliphatic hydroxyl groups is 1. The van der Waals surface area contributed by atoms with E-state index in [9.17, 15) is 13.5 Å². The third kappa shape index (κ3) is 3.11. The van der Waals surface area contributed by atoms with Gasteiger partial charge in [-0.3, -0.25) is 0 Å². The second kappa shape index (κ2) is 5.29. The molecule has 0 spiro atoms. The lowest BCUT2D eigenvalue weighted by Crippen LogP contribution is -2.57. The Morgan fingerprint density at radius 2 is 1.68 bits per heavy atom. The van der Waals surface area contributed by atoms with Crippen LogP contribution in [0.1, 0.15) is 20.3 Å². The van der Waals surface area contributed by atoms with Gasteiger partial charge in [0.05, 0.1) is 5.60 Å². The maximum absolute atomic E-state index is 12.6. The highest BCUT2D eigenvalue weighted by molar-refractivity contribution is 7.86. The summed E-state index contributed by atoms with van der Waals surface area (Å²) in [5, 5.41) is 10.1. The summed E-state index contributed by atoms with van der Waals surface area (Å²) in [6, 6.07) is 0. The Labute approximate surface area is 116 Å². The minimum Gasteiger partial charge on any atom is -0.390 e. The van der Waals surface area contributed by atoms with Crippen LogP contribution >= 0.6 is 0 Å². The lowest BCUT2D eigenvalue weighted by molar-refractivity contribution is -0.0344. The van der Waals surface area contributed by atoms with Gasteiger partial charge in [0.2, 0.25) is 0 Å². The predicted molar refractivity (Wildman–Crippen MR) is 74.0 cm³/mol. The summed E-state index contributed by atoms with van der Waals surface area (Å²) in [6.45, 7) is 7.18. The molecular weight excluding hydrogens is 266 g/mol. The minimum atomic E-state index is -3.36. The Bertz CT molecular complexity index is 416. The summed E-state index contributed by atoms with van der Waals surface area (Å²) < 4.78 is 28.2. The van der Waals surface area contributed by atoms with Crippen molar-refractivity contribution in [3.63, 3.8) is 0 Å². The number of piperazine rings is 1. The van der Waals surface area contributed by atoms with E-state index in [0.29, 0.717) is 32.6 Å². The van der Waals surface area contributed by atoms with Crippen molar-refractivity contribution < 1.29 is 13.5 Å². The molecule has 0 aromatic rings. The molecular formula is C12H25N3O3S. The standard InChI is InChI=1S/C12H25N3O3S/c1-11-10-15(5-4-12(11,2)16)19(17,18)14-8-6-13(3)7-9-14/h11,16H,4-10H2,1-3H3/t11-,12+/m1/s1. The van der Waals surface area contributed by atoms with E-state index >= 15 is 0 Å². The zero-order valence-corrected chi connectivity index (χ0v) is 12.9. The van der Waals surface area contributed by atoms with E-state index < -0.39 is 15.8 Å². The fourth-order valence-electron chi connectivity index (χ4n) is 2.58. The molecule has 112 valence electrons. The number of piperidine rings is 1. The van der Waals surface area contributed by atoms with Crippen LogP contribution in [0.15, 0.2) is 0 Å². The van der Waals surface area contributed by atoms with E-state index in [2.05, 4.69) is 4.90 Å². The first kappa shape index (κ1) is 15.2. The number of nitrogens with zero attached hydrogens (tertiary/aromatic N) is 3. The highest BCUT2D eigenvalue weighted by Crippen LogP contribution is 2.29. The molecule has 0 bridgehead atoms. The molecule has 2 fully saturated rings. The van der Waals surface area contributed by atoms with Crippen LogP contribution in [0, 0.1) is 5.92 Å². The molecule has 19 heavy (non-hydrogen) atoms. The van der Waals surface area contributed by atoms with Gasteiger partial charge in [-0.2, -0.15) is 17.0 Å². The average molecular weight is 291 g/mol. The summed E-state index contributed by atoms with van der Waals surface area (Å²) in [6.07, 6.45) is 0.501. The van der Waals surface area contributed by atoms with Crippen LogP contribution in [0.3, 0.4) is 0 Å². The molecule has 0 saturated carbocycles. The van der Waals surface area contributed by atoms with Crippen molar-refractivity contribution in [2.75, 3.05) is 46.3 Å². The molecule has 2 saturated heterocycles. The van der Waals surface area contributed by atoms with Gasteiger partial charge in [0.15, 0.2) is 0 Å². The first-order valence-corrected chi connectivity index (χ1v) is 8.29. The lowest BCUT2D eigenvalue weighted by atomic mass is 9.85. The van der Waals surface area contributed by atoms with Crippen molar-refractivity contribution in [3.8, 4) is 0 Å². The Balaban J connectivity index is 2.05. The molecule has 0 aromatic heterocycles. The van der Waals surface area contributed by atoms with Crippen molar-refractivity contribution in [3.05, 3.63) is 0 Å². The Morgan fingerprint density at radius 3 is 2.21 bits per heavy atom. The predicted octanol–water partition coefficient (Wildman–Crippen LogP) is -0.429. The van der Waals surface area contributed by atoms with E-state index in [0.717, 1.165) is 13.1 Å². The van der Waals surface area contributed by atoms with E-state index in [1.807, 2.05) is 14.0 Å². The largest absolute Gasteiger partial charge is 0.390 e. The van der Waals surface area contributed by atoms with Crippen LogP contribution in [0.25, 0.3) is 0 Å².